The summed E-state index contributed by atoms with van der Waals surface area (Å²) < 4.78 is 0. The summed E-state index contributed by atoms with van der Waals surface area (Å²) in [5.41, 5.74) is 2.80. The highest BCUT2D eigenvalue weighted by Gasteiger charge is 2.22. The van der Waals surface area contributed by atoms with Crippen molar-refractivity contribution in [2.45, 2.75) is 19.3 Å². The molecule has 0 N–H and O–H groups in total. The molecule has 0 saturated carbocycles. The summed E-state index contributed by atoms with van der Waals surface area (Å²) in [6.45, 7) is 0.978. The van der Waals surface area contributed by atoms with Crippen molar-refractivity contribution in [3.05, 3.63) is 11.1 Å². The molecule has 0 unspecified atom stereocenters. The van der Waals surface area contributed by atoms with E-state index in [2.05, 4.69) is 5.10 Å². The van der Waals surface area contributed by atoms with Gasteiger partial charge in [-0.2, -0.15) is 5.10 Å². The molecule has 0 saturated heterocycles. The van der Waals surface area contributed by atoms with Gasteiger partial charge in [-0.3, -0.25) is 5.01 Å². The van der Waals surface area contributed by atoms with Crippen molar-refractivity contribution in [1.82, 2.24) is 5.01 Å². The van der Waals surface area contributed by atoms with Gasteiger partial charge in [-0.1, -0.05) is 11.6 Å². The summed E-state index contributed by atoms with van der Waals surface area (Å²) in [6, 6.07) is 0. The summed E-state index contributed by atoms with van der Waals surface area (Å²) in [6.07, 6.45) is 3.60. The predicted octanol–water partition coefficient (Wildman–Crippen LogP) is 1.96. The van der Waals surface area contributed by atoms with Gasteiger partial charge >= 0.3 is 0 Å². The fourth-order valence-corrected chi connectivity index (χ4v) is 2.11. The van der Waals surface area contributed by atoms with Crippen LogP contribution in [0.1, 0.15) is 19.3 Å². The van der Waals surface area contributed by atoms with E-state index in [4.69, 9.17) is 11.6 Å². The van der Waals surface area contributed by atoms with Crippen LogP contribution in [0.15, 0.2) is 16.2 Å². The lowest BCUT2D eigenvalue weighted by Crippen LogP contribution is -2.21. The van der Waals surface area contributed by atoms with E-state index < -0.39 is 0 Å². The van der Waals surface area contributed by atoms with Gasteiger partial charge in [0, 0.05) is 7.05 Å². The molecule has 11 heavy (non-hydrogen) atoms. The lowest BCUT2D eigenvalue weighted by molar-refractivity contribution is 0.379. The largest absolute Gasteiger partial charge is 0.295 e. The third-order valence-corrected chi connectivity index (χ3v) is 2.56. The van der Waals surface area contributed by atoms with Crippen LogP contribution in [0.2, 0.25) is 0 Å². The van der Waals surface area contributed by atoms with Crippen LogP contribution in [0.3, 0.4) is 0 Å². The SMILES string of the molecule is CN1CC2=C(CCC2)C(Cl)=N1. The van der Waals surface area contributed by atoms with Gasteiger partial charge < -0.3 is 0 Å². The Balaban J connectivity index is 2.31. The van der Waals surface area contributed by atoms with Crippen LogP contribution < -0.4 is 0 Å². The van der Waals surface area contributed by atoms with Gasteiger partial charge in [-0.25, -0.2) is 0 Å². The van der Waals surface area contributed by atoms with Crippen LogP contribution in [0.4, 0.5) is 0 Å². The van der Waals surface area contributed by atoms with Crippen molar-refractivity contribution in [3.63, 3.8) is 0 Å². The zero-order chi connectivity index (χ0) is 7.84. The number of allylic oxidation sites excluding steroid dienone is 1. The second-order valence-electron chi connectivity index (χ2n) is 3.14. The van der Waals surface area contributed by atoms with Crippen molar-refractivity contribution >= 4 is 16.8 Å². The molecule has 3 heteroatoms. The number of hydrogen-bond donors (Lipinski definition) is 0. The first kappa shape index (κ1) is 7.17. The number of nitrogens with zero attached hydrogens (tertiary/aromatic N) is 2. The van der Waals surface area contributed by atoms with Crippen molar-refractivity contribution < 1.29 is 0 Å². The van der Waals surface area contributed by atoms with E-state index in [1.54, 1.807) is 0 Å². The predicted molar refractivity (Wildman–Crippen MR) is 46.8 cm³/mol. The minimum atomic E-state index is 0.714. The van der Waals surface area contributed by atoms with Gasteiger partial charge in [0.05, 0.1) is 6.54 Å². The van der Waals surface area contributed by atoms with Crippen molar-refractivity contribution in [2.75, 3.05) is 13.6 Å². The number of hydrazone groups is 1. The molecular weight excluding hydrogens is 160 g/mol. The molecule has 2 nitrogen and oxygen atoms in total. The molecule has 0 amide bonds. The Hall–Kier alpha value is -0.500. The smallest absolute Gasteiger partial charge is 0.152 e. The second kappa shape index (κ2) is 2.52. The van der Waals surface area contributed by atoms with Crippen LogP contribution in [-0.2, 0) is 0 Å². The molecule has 0 aromatic carbocycles. The van der Waals surface area contributed by atoms with Crippen LogP contribution in [0.5, 0.6) is 0 Å². The Kier molecular flexibility index (Phi) is 1.64. The van der Waals surface area contributed by atoms with Crippen LogP contribution in [0.25, 0.3) is 0 Å². The molecule has 0 atom stereocenters. The standard InChI is InChI=1S/C8H11ClN2/c1-11-5-6-3-2-4-7(6)8(9)10-11/h2-5H2,1H3. The molecule has 1 heterocycles. The average molecular weight is 171 g/mol. The van der Waals surface area contributed by atoms with Gasteiger partial charge in [0.15, 0.2) is 5.17 Å². The molecule has 0 fully saturated rings. The van der Waals surface area contributed by atoms with Crippen LogP contribution in [-0.4, -0.2) is 23.8 Å². The zero-order valence-electron chi connectivity index (χ0n) is 6.60. The summed E-state index contributed by atoms with van der Waals surface area (Å²) in [5, 5.41) is 6.81. The fraction of sp³-hybridized carbons (Fsp3) is 0.625. The minimum Gasteiger partial charge on any atom is -0.295 e. The number of rotatable bonds is 0. The Bertz CT molecular complexity index is 242. The Morgan fingerprint density at radius 1 is 1.45 bits per heavy atom. The molecule has 60 valence electrons. The Morgan fingerprint density at radius 2 is 2.27 bits per heavy atom. The maximum Gasteiger partial charge on any atom is 0.152 e. The van der Waals surface area contributed by atoms with E-state index in [9.17, 15) is 0 Å². The van der Waals surface area contributed by atoms with E-state index in [-0.39, 0.29) is 0 Å². The third kappa shape index (κ3) is 1.16. The van der Waals surface area contributed by atoms with Crippen LogP contribution >= 0.6 is 11.6 Å². The first-order valence-corrected chi connectivity index (χ1v) is 4.31. The van der Waals surface area contributed by atoms with E-state index in [0.717, 1.165) is 13.0 Å². The van der Waals surface area contributed by atoms with Crippen LogP contribution in [0, 0.1) is 0 Å². The zero-order valence-corrected chi connectivity index (χ0v) is 7.36. The molecule has 0 spiro atoms. The molecule has 2 rings (SSSR count). The third-order valence-electron chi connectivity index (χ3n) is 2.26. The second-order valence-corrected chi connectivity index (χ2v) is 3.50. The van der Waals surface area contributed by atoms with Gasteiger partial charge in [0.1, 0.15) is 0 Å². The maximum absolute atomic E-state index is 5.96. The van der Waals surface area contributed by atoms with Crippen molar-refractivity contribution in [2.24, 2.45) is 5.10 Å². The highest BCUT2D eigenvalue weighted by atomic mass is 35.5. The number of halogens is 1. The summed E-state index contributed by atoms with van der Waals surface area (Å²) in [7, 11) is 1.96. The summed E-state index contributed by atoms with van der Waals surface area (Å²) in [4.78, 5) is 0. The molecule has 2 aliphatic rings. The summed E-state index contributed by atoms with van der Waals surface area (Å²) in [5.74, 6) is 0. The lowest BCUT2D eigenvalue weighted by Gasteiger charge is -2.20. The number of hydrogen-bond acceptors (Lipinski definition) is 2. The number of likely N-dealkylation sites (N-methyl/N-ethyl adjacent to an activating group) is 1. The highest BCUT2D eigenvalue weighted by Crippen LogP contribution is 2.31. The first-order valence-electron chi connectivity index (χ1n) is 3.94. The van der Waals surface area contributed by atoms with E-state index in [0.29, 0.717) is 5.17 Å². The first-order chi connectivity index (χ1) is 5.27. The fourth-order valence-electron chi connectivity index (χ4n) is 1.75. The van der Waals surface area contributed by atoms with Gasteiger partial charge in [-0.15, -0.1) is 0 Å². The monoisotopic (exact) mass is 170 g/mol. The normalized spacial score (nSPS) is 23.8. The molecular formula is C8H11ClN2. The van der Waals surface area contributed by atoms with Gasteiger partial charge in [-0.05, 0) is 30.4 Å². The minimum absolute atomic E-state index is 0.714. The van der Waals surface area contributed by atoms with E-state index in [1.807, 2.05) is 12.1 Å². The molecule has 1 aliphatic carbocycles. The quantitative estimate of drug-likeness (QED) is 0.543. The van der Waals surface area contributed by atoms with Crippen molar-refractivity contribution in [3.8, 4) is 0 Å². The van der Waals surface area contributed by atoms with Gasteiger partial charge in [0.25, 0.3) is 0 Å². The maximum atomic E-state index is 5.96. The molecule has 0 radical (unpaired) electrons. The molecule has 0 bridgehead atoms. The van der Waals surface area contributed by atoms with Gasteiger partial charge in [0.2, 0.25) is 0 Å². The average Bonchev–Trinajstić information content (AvgIpc) is 2.34. The Morgan fingerprint density at radius 3 is 3.09 bits per heavy atom. The Labute approximate surface area is 71.5 Å². The molecule has 0 aromatic rings. The topological polar surface area (TPSA) is 15.6 Å². The van der Waals surface area contributed by atoms with E-state index in [1.165, 1.54) is 24.0 Å². The summed E-state index contributed by atoms with van der Waals surface area (Å²) >= 11 is 5.96. The highest BCUT2D eigenvalue weighted by molar-refractivity contribution is 6.69. The molecule has 0 aromatic heterocycles. The molecule has 1 aliphatic heterocycles. The van der Waals surface area contributed by atoms with E-state index >= 15 is 0 Å². The lowest BCUT2D eigenvalue weighted by atomic mass is 10.1. The van der Waals surface area contributed by atoms with Crippen molar-refractivity contribution in [1.29, 1.82) is 0 Å².